The van der Waals surface area contributed by atoms with Crippen LogP contribution in [0.1, 0.15) is 24.5 Å². The number of nitrogens with one attached hydrogen (secondary N) is 1. The summed E-state index contributed by atoms with van der Waals surface area (Å²) in [4.78, 5) is 31.5. The Morgan fingerprint density at radius 3 is 2.21 bits per heavy atom. The Balaban J connectivity index is 1.75. The number of hydrazone groups is 1. The number of likely N-dealkylation sites (N-methyl/N-ethyl adjacent to an activating group) is 1. The van der Waals surface area contributed by atoms with Gasteiger partial charge in [0.1, 0.15) is 5.71 Å². The number of carbonyl (C=O) groups excluding carboxylic acids is 2. The fourth-order valence-electron chi connectivity index (χ4n) is 4.71. The molecule has 8 heteroatoms. The summed E-state index contributed by atoms with van der Waals surface area (Å²) in [5, 5.41) is 16.0. The number of aliphatic hydroxyl groups is 1. The molecule has 0 aromatic heterocycles. The van der Waals surface area contributed by atoms with E-state index in [9.17, 15) is 14.7 Å². The van der Waals surface area contributed by atoms with Crippen LogP contribution < -0.4 is 15.2 Å². The molecule has 38 heavy (non-hydrogen) atoms. The first-order valence-corrected chi connectivity index (χ1v) is 12.6. The van der Waals surface area contributed by atoms with Crippen molar-refractivity contribution in [3.8, 4) is 0 Å². The van der Waals surface area contributed by atoms with Gasteiger partial charge in [0.05, 0.1) is 18.1 Å². The quantitative estimate of drug-likeness (QED) is 0.434. The second-order valence-corrected chi connectivity index (χ2v) is 9.97. The summed E-state index contributed by atoms with van der Waals surface area (Å²) >= 11 is 0. The number of rotatable bonds is 10. The largest absolute Gasteiger partial charge is 0.388 e. The molecular weight excluding hydrogens is 478 g/mol. The van der Waals surface area contributed by atoms with Crippen molar-refractivity contribution in [2.45, 2.75) is 31.5 Å². The van der Waals surface area contributed by atoms with Crippen molar-refractivity contribution < 1.29 is 14.7 Å². The standard InChI is InChI=1S/C30H35N5O3/c1-30(23-14-9-6-10-15-23,27(36)21-34(4)25-17-11-16-24(18-25)33(2)3)35(20-22-12-7-5-8-13-22)29(38)26-19-28(37)32-31-26/h5-18,27,36H,19-21H2,1-4H3,(H,32,37)/t27-,30+/m1/s1. The summed E-state index contributed by atoms with van der Waals surface area (Å²) in [5.41, 5.74) is 5.05. The highest BCUT2D eigenvalue weighted by atomic mass is 16.3. The maximum absolute atomic E-state index is 14.0. The molecule has 3 aromatic rings. The molecule has 1 aliphatic heterocycles. The van der Waals surface area contributed by atoms with Gasteiger partial charge < -0.3 is 19.8 Å². The van der Waals surface area contributed by atoms with Crippen LogP contribution in [0.3, 0.4) is 0 Å². The molecule has 0 aliphatic carbocycles. The smallest absolute Gasteiger partial charge is 0.271 e. The van der Waals surface area contributed by atoms with E-state index in [1.165, 1.54) is 0 Å². The van der Waals surface area contributed by atoms with Gasteiger partial charge in [-0.15, -0.1) is 0 Å². The lowest BCUT2D eigenvalue weighted by atomic mass is 9.83. The number of aliphatic hydroxyl groups excluding tert-OH is 1. The Labute approximate surface area is 224 Å². The molecule has 4 rings (SSSR count). The minimum Gasteiger partial charge on any atom is -0.388 e. The minimum absolute atomic E-state index is 0.0949. The van der Waals surface area contributed by atoms with Gasteiger partial charge in [0.25, 0.3) is 5.91 Å². The van der Waals surface area contributed by atoms with Crippen LogP contribution in [0, 0.1) is 0 Å². The zero-order valence-electron chi connectivity index (χ0n) is 22.3. The maximum Gasteiger partial charge on any atom is 0.271 e. The molecule has 1 heterocycles. The van der Waals surface area contributed by atoms with Crippen molar-refractivity contribution in [2.24, 2.45) is 5.10 Å². The molecule has 0 radical (unpaired) electrons. The van der Waals surface area contributed by atoms with E-state index in [1.807, 2.05) is 117 Å². The molecule has 0 spiro atoms. The number of hydrogen-bond acceptors (Lipinski definition) is 6. The second-order valence-electron chi connectivity index (χ2n) is 9.97. The van der Waals surface area contributed by atoms with E-state index in [2.05, 4.69) is 16.6 Å². The highest BCUT2D eigenvalue weighted by Gasteiger charge is 2.45. The van der Waals surface area contributed by atoms with Gasteiger partial charge in [-0.05, 0) is 36.2 Å². The number of hydrogen-bond donors (Lipinski definition) is 2. The van der Waals surface area contributed by atoms with E-state index in [0.29, 0.717) is 0 Å². The highest BCUT2D eigenvalue weighted by Crippen LogP contribution is 2.35. The first-order chi connectivity index (χ1) is 18.2. The van der Waals surface area contributed by atoms with Gasteiger partial charge in [-0.1, -0.05) is 66.7 Å². The van der Waals surface area contributed by atoms with Crippen molar-refractivity contribution in [2.75, 3.05) is 37.5 Å². The van der Waals surface area contributed by atoms with Gasteiger partial charge in [0, 0.05) is 45.6 Å². The van der Waals surface area contributed by atoms with E-state index >= 15 is 0 Å². The zero-order valence-corrected chi connectivity index (χ0v) is 22.3. The monoisotopic (exact) mass is 513 g/mol. The third-order valence-electron chi connectivity index (χ3n) is 7.12. The van der Waals surface area contributed by atoms with Gasteiger partial charge >= 0.3 is 0 Å². The number of benzene rings is 3. The molecule has 0 saturated heterocycles. The molecule has 198 valence electrons. The summed E-state index contributed by atoms with van der Waals surface area (Å²) in [6.07, 6.45) is -1.08. The van der Waals surface area contributed by atoms with E-state index in [0.717, 1.165) is 22.5 Å². The molecule has 2 amide bonds. The van der Waals surface area contributed by atoms with Crippen molar-refractivity contribution in [1.82, 2.24) is 10.3 Å². The molecule has 0 unspecified atom stereocenters. The van der Waals surface area contributed by atoms with Crippen LogP contribution in [0.4, 0.5) is 11.4 Å². The second kappa shape index (κ2) is 11.5. The molecule has 1 aliphatic rings. The van der Waals surface area contributed by atoms with Gasteiger partial charge in [0.2, 0.25) is 5.91 Å². The van der Waals surface area contributed by atoms with Gasteiger partial charge in [0.15, 0.2) is 0 Å². The van der Waals surface area contributed by atoms with Crippen LogP contribution in [-0.4, -0.2) is 61.3 Å². The number of carbonyl (C=O) groups is 2. The Morgan fingerprint density at radius 2 is 1.61 bits per heavy atom. The normalized spacial score (nSPS) is 15.2. The Hall–Kier alpha value is -4.17. The third-order valence-corrected chi connectivity index (χ3v) is 7.12. The van der Waals surface area contributed by atoms with Crippen LogP contribution in [0.2, 0.25) is 0 Å². The fourth-order valence-corrected chi connectivity index (χ4v) is 4.71. The number of anilines is 2. The van der Waals surface area contributed by atoms with Crippen LogP contribution in [0.15, 0.2) is 90.0 Å². The lowest BCUT2D eigenvalue weighted by Crippen LogP contribution is -2.58. The summed E-state index contributed by atoms with van der Waals surface area (Å²) in [6.45, 7) is 2.36. The van der Waals surface area contributed by atoms with Crippen molar-refractivity contribution in [3.63, 3.8) is 0 Å². The van der Waals surface area contributed by atoms with Crippen molar-refractivity contribution in [3.05, 3.63) is 96.1 Å². The Morgan fingerprint density at radius 1 is 0.974 bits per heavy atom. The first-order valence-electron chi connectivity index (χ1n) is 12.6. The molecule has 2 atom stereocenters. The van der Waals surface area contributed by atoms with Crippen LogP contribution >= 0.6 is 0 Å². The van der Waals surface area contributed by atoms with E-state index in [-0.39, 0.29) is 31.1 Å². The maximum atomic E-state index is 14.0. The molecule has 0 saturated carbocycles. The fraction of sp³-hybridized carbons (Fsp3) is 0.300. The van der Waals surface area contributed by atoms with Gasteiger partial charge in [-0.25, -0.2) is 5.43 Å². The number of nitrogens with zero attached hydrogens (tertiary/aromatic N) is 4. The SMILES string of the molecule is CN(C)c1cccc(N(C)C[C@@H](O)[C@](C)(c2ccccc2)N(Cc2ccccc2)C(=O)C2=NNC(=O)C2)c1. The summed E-state index contributed by atoms with van der Waals surface area (Å²) < 4.78 is 0. The van der Waals surface area contributed by atoms with E-state index < -0.39 is 17.6 Å². The molecule has 0 bridgehead atoms. The summed E-state index contributed by atoms with van der Waals surface area (Å²) in [7, 11) is 5.90. The highest BCUT2D eigenvalue weighted by molar-refractivity contribution is 6.43. The third kappa shape index (κ3) is 5.70. The predicted octanol–water partition coefficient (Wildman–Crippen LogP) is 3.37. The predicted molar refractivity (Wildman–Crippen MR) is 151 cm³/mol. The summed E-state index contributed by atoms with van der Waals surface area (Å²) in [6, 6.07) is 27.2. The van der Waals surface area contributed by atoms with Gasteiger partial charge in [-0.3, -0.25) is 9.59 Å². The zero-order chi connectivity index (χ0) is 27.3. The van der Waals surface area contributed by atoms with Crippen LogP contribution in [-0.2, 0) is 21.7 Å². The molecule has 2 N–H and O–H groups in total. The van der Waals surface area contributed by atoms with E-state index in [4.69, 9.17) is 0 Å². The molecular formula is C30H35N5O3. The lowest BCUT2D eigenvalue weighted by molar-refractivity contribution is -0.137. The van der Waals surface area contributed by atoms with Crippen molar-refractivity contribution >= 4 is 28.9 Å². The van der Waals surface area contributed by atoms with Crippen molar-refractivity contribution in [1.29, 1.82) is 0 Å². The number of amides is 2. The lowest BCUT2D eigenvalue weighted by Gasteiger charge is -2.46. The van der Waals surface area contributed by atoms with Crippen LogP contribution in [0.5, 0.6) is 0 Å². The Kier molecular flexibility index (Phi) is 8.12. The van der Waals surface area contributed by atoms with E-state index in [1.54, 1.807) is 4.90 Å². The molecule has 8 nitrogen and oxygen atoms in total. The average Bonchev–Trinajstić information content (AvgIpc) is 3.38. The minimum atomic E-state index is -1.14. The average molecular weight is 514 g/mol. The molecule has 3 aromatic carbocycles. The summed E-state index contributed by atoms with van der Waals surface area (Å²) in [5.74, 6) is -0.717. The Bertz CT molecular complexity index is 1300. The van der Waals surface area contributed by atoms with Gasteiger partial charge in [-0.2, -0.15) is 5.10 Å². The topological polar surface area (TPSA) is 88.5 Å². The first kappa shape index (κ1) is 26.9. The molecule has 0 fully saturated rings. The van der Waals surface area contributed by atoms with Crippen LogP contribution in [0.25, 0.3) is 0 Å².